The molecule has 0 bridgehead atoms. The van der Waals surface area contributed by atoms with Crippen molar-refractivity contribution >= 4 is 17.7 Å². The van der Waals surface area contributed by atoms with Crippen LogP contribution in [0.5, 0.6) is 0 Å². The fourth-order valence-corrected chi connectivity index (χ4v) is 1.86. The third kappa shape index (κ3) is 10.7. The van der Waals surface area contributed by atoms with Crippen molar-refractivity contribution in [2.24, 2.45) is 5.92 Å². The Kier molecular flexibility index (Phi) is 11.6. The molecular formula is C13H24O7S. The van der Waals surface area contributed by atoms with Crippen molar-refractivity contribution in [1.29, 1.82) is 0 Å². The first-order valence-electron chi connectivity index (χ1n) is 6.42. The summed E-state index contributed by atoms with van der Waals surface area (Å²) in [6.07, 6.45) is -1.77. The van der Waals surface area contributed by atoms with Crippen LogP contribution in [0.3, 0.4) is 0 Å². The van der Waals surface area contributed by atoms with Gasteiger partial charge in [0.2, 0.25) is 0 Å². The molecule has 0 radical (unpaired) electrons. The molecule has 7 nitrogen and oxygen atoms in total. The molecule has 0 spiro atoms. The summed E-state index contributed by atoms with van der Waals surface area (Å²) in [7, 11) is 1.44. The fraction of sp³-hybridized carbons (Fsp3) is 0.769. The number of thioether (sulfide) groups is 1. The average molecular weight is 324 g/mol. The Balaban J connectivity index is 3.50. The number of aliphatic hydroxyl groups is 2. The predicted octanol–water partition coefficient (Wildman–Crippen LogP) is 0.706. The number of hydrogen-bond donors (Lipinski definition) is 2. The molecule has 0 heterocycles. The van der Waals surface area contributed by atoms with Crippen molar-refractivity contribution in [2.75, 3.05) is 32.0 Å². The summed E-state index contributed by atoms with van der Waals surface area (Å²) < 4.78 is 9.52. The number of rotatable bonds is 12. The number of hydrogen-bond acceptors (Lipinski definition) is 8. The minimum Gasteiger partial charge on any atom is -0.460 e. The first-order chi connectivity index (χ1) is 9.88. The highest BCUT2D eigenvalue weighted by molar-refractivity contribution is 7.99. The normalized spacial score (nSPS) is 15.3. The first kappa shape index (κ1) is 20.4. The third-order valence-corrected chi connectivity index (χ3v) is 3.36. The number of carbonyl (C=O) groups is 1. The monoisotopic (exact) mass is 324 g/mol. The van der Waals surface area contributed by atoms with Gasteiger partial charge in [0.1, 0.15) is 25.3 Å². The zero-order valence-corrected chi connectivity index (χ0v) is 13.4. The van der Waals surface area contributed by atoms with Crippen molar-refractivity contribution in [3.63, 3.8) is 0 Å². The number of esters is 1. The molecule has 0 saturated carbocycles. The molecule has 0 aromatic carbocycles. The van der Waals surface area contributed by atoms with Crippen LogP contribution in [0.15, 0.2) is 12.2 Å². The van der Waals surface area contributed by atoms with E-state index in [1.54, 1.807) is 0 Å². The van der Waals surface area contributed by atoms with Crippen LogP contribution >= 0.6 is 11.8 Å². The maximum Gasteiger partial charge on any atom is 0.333 e. The summed E-state index contributed by atoms with van der Waals surface area (Å²) in [5.41, 5.74) is 0.267. The summed E-state index contributed by atoms with van der Waals surface area (Å²) >= 11 is 1.41. The van der Waals surface area contributed by atoms with Gasteiger partial charge in [0.05, 0.1) is 0 Å². The van der Waals surface area contributed by atoms with Gasteiger partial charge in [-0.05, 0) is 6.92 Å². The van der Waals surface area contributed by atoms with E-state index < -0.39 is 18.4 Å². The van der Waals surface area contributed by atoms with E-state index in [9.17, 15) is 15.0 Å². The summed E-state index contributed by atoms with van der Waals surface area (Å²) in [4.78, 5) is 20.7. The highest BCUT2D eigenvalue weighted by Gasteiger charge is 2.13. The summed E-state index contributed by atoms with van der Waals surface area (Å²) in [6.45, 7) is 6.50. The first-order valence-corrected chi connectivity index (χ1v) is 7.57. The number of ether oxygens (including phenoxy) is 2. The summed E-state index contributed by atoms with van der Waals surface area (Å²) in [6, 6.07) is 0. The zero-order valence-electron chi connectivity index (χ0n) is 12.6. The highest BCUT2D eigenvalue weighted by atomic mass is 32.2. The molecule has 0 amide bonds. The van der Waals surface area contributed by atoms with E-state index in [0.29, 0.717) is 5.75 Å². The molecule has 0 aliphatic rings. The van der Waals surface area contributed by atoms with Crippen molar-refractivity contribution < 1.29 is 34.3 Å². The van der Waals surface area contributed by atoms with E-state index in [2.05, 4.69) is 6.58 Å². The van der Waals surface area contributed by atoms with Gasteiger partial charge in [0.25, 0.3) is 0 Å². The zero-order chi connectivity index (χ0) is 16.3. The van der Waals surface area contributed by atoms with Crippen molar-refractivity contribution in [2.45, 2.75) is 26.2 Å². The Hall–Kier alpha value is -0.640. The maximum atomic E-state index is 11.1. The van der Waals surface area contributed by atoms with Crippen LogP contribution < -0.4 is 0 Å². The van der Waals surface area contributed by atoms with Gasteiger partial charge in [-0.2, -0.15) is 0 Å². The summed E-state index contributed by atoms with van der Waals surface area (Å²) in [5, 5.41) is 18.8. The topological polar surface area (TPSA) is 94.5 Å². The van der Waals surface area contributed by atoms with Gasteiger partial charge in [-0.25, -0.2) is 14.6 Å². The Bertz CT molecular complexity index is 311. The van der Waals surface area contributed by atoms with Crippen LogP contribution in [0.1, 0.15) is 13.8 Å². The van der Waals surface area contributed by atoms with Crippen LogP contribution in [0.4, 0.5) is 0 Å². The van der Waals surface area contributed by atoms with Crippen LogP contribution in [0, 0.1) is 5.92 Å². The van der Waals surface area contributed by atoms with Crippen molar-refractivity contribution in [3.8, 4) is 0 Å². The molecule has 0 aliphatic carbocycles. The largest absolute Gasteiger partial charge is 0.460 e. The molecule has 0 saturated heterocycles. The number of aliphatic hydroxyl groups excluding tert-OH is 2. The van der Waals surface area contributed by atoms with E-state index in [1.807, 2.05) is 6.92 Å². The lowest BCUT2D eigenvalue weighted by molar-refractivity contribution is -0.292. The predicted molar refractivity (Wildman–Crippen MR) is 78.3 cm³/mol. The van der Waals surface area contributed by atoms with Gasteiger partial charge in [0.15, 0.2) is 6.29 Å². The van der Waals surface area contributed by atoms with Gasteiger partial charge in [0, 0.05) is 24.4 Å². The molecule has 0 aromatic heterocycles. The van der Waals surface area contributed by atoms with Gasteiger partial charge >= 0.3 is 5.97 Å². The van der Waals surface area contributed by atoms with Gasteiger partial charge in [-0.3, -0.25) is 0 Å². The van der Waals surface area contributed by atoms with E-state index >= 15 is 0 Å². The van der Waals surface area contributed by atoms with E-state index in [1.165, 1.54) is 25.8 Å². The molecule has 124 valence electrons. The van der Waals surface area contributed by atoms with Gasteiger partial charge < -0.3 is 19.7 Å². The van der Waals surface area contributed by atoms with E-state index in [0.717, 1.165) is 0 Å². The second kappa shape index (κ2) is 12.0. The standard InChI is InChI=1S/C13H24O7S/c1-9(2)12(15)18-5-11(14)6-19-20-8-21-7-10(3)13(16)17-4/h10-11,13-14,16H,1,5-8H2,2-4H3. The Morgan fingerprint density at radius 1 is 1.29 bits per heavy atom. The van der Waals surface area contributed by atoms with Gasteiger partial charge in [-0.1, -0.05) is 13.5 Å². The molecule has 0 aromatic rings. The second-order valence-electron chi connectivity index (χ2n) is 4.53. The number of carbonyl (C=O) groups excluding carboxylic acids is 1. The van der Waals surface area contributed by atoms with Crippen LogP contribution in [-0.2, 0) is 24.0 Å². The quantitative estimate of drug-likeness (QED) is 0.135. The lowest BCUT2D eigenvalue weighted by Gasteiger charge is -2.16. The van der Waals surface area contributed by atoms with E-state index in [-0.39, 0.29) is 30.6 Å². The third-order valence-electron chi connectivity index (χ3n) is 2.34. The lowest BCUT2D eigenvalue weighted by atomic mass is 10.2. The van der Waals surface area contributed by atoms with Gasteiger partial charge in [-0.15, -0.1) is 11.8 Å². The number of methoxy groups -OCH3 is 1. The molecule has 0 aliphatic heterocycles. The second-order valence-corrected chi connectivity index (χ2v) is 5.50. The average Bonchev–Trinajstić information content (AvgIpc) is 2.46. The Morgan fingerprint density at radius 3 is 2.52 bits per heavy atom. The molecule has 0 fully saturated rings. The minimum atomic E-state index is -0.965. The smallest absolute Gasteiger partial charge is 0.333 e. The fourth-order valence-electron chi connectivity index (χ4n) is 1.09. The Morgan fingerprint density at radius 2 is 1.95 bits per heavy atom. The SMILES string of the molecule is C=C(C)C(=O)OCC(O)COOCSCC(C)C(O)OC. The molecule has 2 N–H and O–H groups in total. The highest BCUT2D eigenvalue weighted by Crippen LogP contribution is 2.12. The minimum absolute atomic E-state index is 0.0317. The molecule has 3 unspecified atom stereocenters. The van der Waals surface area contributed by atoms with E-state index in [4.69, 9.17) is 19.2 Å². The van der Waals surface area contributed by atoms with Crippen LogP contribution in [0.25, 0.3) is 0 Å². The van der Waals surface area contributed by atoms with Crippen LogP contribution in [0.2, 0.25) is 0 Å². The Labute approximate surface area is 129 Å². The van der Waals surface area contributed by atoms with Crippen LogP contribution in [-0.4, -0.2) is 60.6 Å². The molecule has 21 heavy (non-hydrogen) atoms. The molecule has 3 atom stereocenters. The van der Waals surface area contributed by atoms with Crippen molar-refractivity contribution in [1.82, 2.24) is 0 Å². The molecule has 0 rings (SSSR count). The van der Waals surface area contributed by atoms with Crippen molar-refractivity contribution in [3.05, 3.63) is 12.2 Å². The molecular weight excluding hydrogens is 300 g/mol. The lowest BCUT2D eigenvalue weighted by Crippen LogP contribution is -2.24. The summed E-state index contributed by atoms with van der Waals surface area (Å²) in [5.74, 6) is 0.294. The maximum absolute atomic E-state index is 11.1. The molecule has 8 heteroatoms.